The highest BCUT2D eigenvalue weighted by Crippen LogP contribution is 2.25. The van der Waals surface area contributed by atoms with Gasteiger partial charge in [-0.3, -0.25) is 0 Å². The lowest BCUT2D eigenvalue weighted by molar-refractivity contribution is 0.119. The van der Waals surface area contributed by atoms with E-state index in [1.165, 1.54) is 58.0 Å². The van der Waals surface area contributed by atoms with Gasteiger partial charge in [0.15, 0.2) is 5.96 Å². The summed E-state index contributed by atoms with van der Waals surface area (Å²) in [5.74, 6) is 0.885. The van der Waals surface area contributed by atoms with Crippen LogP contribution in [0.2, 0.25) is 0 Å². The summed E-state index contributed by atoms with van der Waals surface area (Å²) in [7, 11) is 0. The van der Waals surface area contributed by atoms with Crippen LogP contribution in [0.15, 0.2) is 29.3 Å². The van der Waals surface area contributed by atoms with Crippen LogP contribution in [-0.2, 0) is 6.54 Å². The maximum atomic E-state index is 9.04. The van der Waals surface area contributed by atoms with Crippen LogP contribution in [-0.4, -0.2) is 42.6 Å². The first-order valence-electron chi connectivity index (χ1n) is 10.6. The Morgan fingerprint density at radius 1 is 1.19 bits per heavy atom. The van der Waals surface area contributed by atoms with E-state index >= 15 is 0 Å². The van der Waals surface area contributed by atoms with Gasteiger partial charge in [-0.25, -0.2) is 4.99 Å². The summed E-state index contributed by atoms with van der Waals surface area (Å²) in [6.45, 7) is 5.94. The van der Waals surface area contributed by atoms with Crippen molar-refractivity contribution < 1.29 is 0 Å². The van der Waals surface area contributed by atoms with Crippen LogP contribution in [0.4, 0.5) is 0 Å². The standard InChI is InChI=1S/C22H33N5/c1-2-24-22(25-17-19-8-6-7-18(15-19)16-23)26-20-11-13-27(14-12-20)21-9-4-3-5-10-21/h6-8,15,20-21H,2-5,9-14,17H2,1H3,(H2,24,25,26). The van der Waals surface area contributed by atoms with Crippen molar-refractivity contribution in [1.29, 1.82) is 5.26 Å². The molecule has 1 aromatic rings. The summed E-state index contributed by atoms with van der Waals surface area (Å²) < 4.78 is 0. The van der Waals surface area contributed by atoms with E-state index in [4.69, 9.17) is 10.3 Å². The second kappa shape index (κ2) is 10.3. The molecule has 0 atom stereocenters. The number of guanidine groups is 1. The molecular weight excluding hydrogens is 334 g/mol. The molecule has 2 N–H and O–H groups in total. The van der Waals surface area contributed by atoms with Crippen molar-refractivity contribution in [3.8, 4) is 6.07 Å². The minimum absolute atomic E-state index is 0.494. The molecule has 0 spiro atoms. The van der Waals surface area contributed by atoms with Crippen LogP contribution in [0.25, 0.3) is 0 Å². The number of rotatable bonds is 5. The van der Waals surface area contributed by atoms with Crippen molar-refractivity contribution in [3.63, 3.8) is 0 Å². The monoisotopic (exact) mass is 367 g/mol. The Kier molecular flexibility index (Phi) is 7.53. The summed E-state index contributed by atoms with van der Waals surface area (Å²) >= 11 is 0. The first-order valence-corrected chi connectivity index (χ1v) is 10.6. The van der Waals surface area contributed by atoms with E-state index in [-0.39, 0.29) is 0 Å². The van der Waals surface area contributed by atoms with Gasteiger partial charge in [0.2, 0.25) is 0 Å². The quantitative estimate of drug-likeness (QED) is 0.618. The molecular formula is C22H33N5. The average molecular weight is 368 g/mol. The van der Waals surface area contributed by atoms with Crippen molar-refractivity contribution in [1.82, 2.24) is 15.5 Å². The molecule has 0 radical (unpaired) electrons. The van der Waals surface area contributed by atoms with Gasteiger partial charge in [0.25, 0.3) is 0 Å². The lowest BCUT2D eigenvalue weighted by Gasteiger charge is -2.39. The van der Waals surface area contributed by atoms with Crippen LogP contribution in [0.1, 0.15) is 63.0 Å². The van der Waals surface area contributed by atoms with E-state index in [0.29, 0.717) is 18.2 Å². The lowest BCUT2D eigenvalue weighted by atomic mass is 9.92. The van der Waals surface area contributed by atoms with Crippen molar-refractivity contribution in [3.05, 3.63) is 35.4 Å². The fourth-order valence-electron chi connectivity index (χ4n) is 4.28. The minimum atomic E-state index is 0.494. The Labute approximate surface area is 163 Å². The zero-order valence-corrected chi connectivity index (χ0v) is 16.6. The van der Waals surface area contributed by atoms with Crippen molar-refractivity contribution in [2.24, 2.45) is 4.99 Å². The first kappa shape index (κ1) is 19.7. The van der Waals surface area contributed by atoms with Gasteiger partial charge in [0, 0.05) is 31.7 Å². The Bertz CT molecular complexity index is 649. The molecule has 0 amide bonds. The normalized spacial score (nSPS) is 20.2. The summed E-state index contributed by atoms with van der Waals surface area (Å²) in [5.41, 5.74) is 1.76. The smallest absolute Gasteiger partial charge is 0.191 e. The molecule has 1 saturated carbocycles. The van der Waals surface area contributed by atoms with Gasteiger partial charge in [-0.2, -0.15) is 5.26 Å². The summed E-state index contributed by atoms with van der Waals surface area (Å²) in [4.78, 5) is 7.45. The van der Waals surface area contributed by atoms with Crippen LogP contribution >= 0.6 is 0 Å². The molecule has 0 aromatic heterocycles. The lowest BCUT2D eigenvalue weighted by Crippen LogP contribution is -2.50. The molecule has 146 valence electrons. The third-order valence-corrected chi connectivity index (χ3v) is 5.78. The Morgan fingerprint density at radius 3 is 2.67 bits per heavy atom. The maximum absolute atomic E-state index is 9.04. The van der Waals surface area contributed by atoms with E-state index in [1.54, 1.807) is 0 Å². The molecule has 1 aliphatic carbocycles. The van der Waals surface area contributed by atoms with Gasteiger partial charge >= 0.3 is 0 Å². The first-order chi connectivity index (χ1) is 13.3. The second-order valence-corrected chi connectivity index (χ2v) is 7.75. The number of aliphatic imine (C=N–C) groups is 1. The highest BCUT2D eigenvalue weighted by Gasteiger charge is 2.26. The Balaban J connectivity index is 1.51. The minimum Gasteiger partial charge on any atom is -0.357 e. The number of nitrogens with one attached hydrogen (secondary N) is 2. The summed E-state index contributed by atoms with van der Waals surface area (Å²) in [6.07, 6.45) is 9.40. The zero-order valence-electron chi connectivity index (χ0n) is 16.6. The fourth-order valence-corrected chi connectivity index (χ4v) is 4.28. The van der Waals surface area contributed by atoms with Crippen molar-refractivity contribution >= 4 is 5.96 Å². The number of hydrogen-bond acceptors (Lipinski definition) is 3. The van der Waals surface area contributed by atoms with Gasteiger partial charge in [0.05, 0.1) is 18.2 Å². The molecule has 2 fully saturated rings. The van der Waals surface area contributed by atoms with E-state index in [1.807, 2.05) is 24.3 Å². The van der Waals surface area contributed by atoms with Crippen molar-refractivity contribution in [2.45, 2.75) is 70.5 Å². The van der Waals surface area contributed by atoms with Crippen LogP contribution in [0, 0.1) is 11.3 Å². The maximum Gasteiger partial charge on any atom is 0.191 e. The molecule has 0 unspecified atom stereocenters. The highest BCUT2D eigenvalue weighted by molar-refractivity contribution is 5.80. The van der Waals surface area contributed by atoms with Gasteiger partial charge in [-0.1, -0.05) is 31.4 Å². The van der Waals surface area contributed by atoms with Gasteiger partial charge in [0.1, 0.15) is 0 Å². The molecule has 3 rings (SSSR count). The molecule has 5 nitrogen and oxygen atoms in total. The fraction of sp³-hybridized carbons (Fsp3) is 0.636. The van der Waals surface area contributed by atoms with Crippen LogP contribution in [0.5, 0.6) is 0 Å². The predicted molar refractivity (Wildman–Crippen MR) is 111 cm³/mol. The summed E-state index contributed by atoms with van der Waals surface area (Å²) in [6, 6.07) is 11.2. The number of likely N-dealkylation sites (tertiary alicyclic amines) is 1. The van der Waals surface area contributed by atoms with Gasteiger partial charge < -0.3 is 15.5 Å². The Morgan fingerprint density at radius 2 is 1.96 bits per heavy atom. The molecule has 1 aromatic carbocycles. The third-order valence-electron chi connectivity index (χ3n) is 5.78. The molecule has 1 saturated heterocycles. The number of nitriles is 1. The molecule has 0 bridgehead atoms. The highest BCUT2D eigenvalue weighted by atomic mass is 15.2. The topological polar surface area (TPSA) is 63.5 Å². The molecule has 27 heavy (non-hydrogen) atoms. The molecule has 1 heterocycles. The predicted octanol–water partition coefficient (Wildman–Crippen LogP) is 3.41. The third kappa shape index (κ3) is 5.97. The summed E-state index contributed by atoms with van der Waals surface area (Å²) in [5, 5.41) is 16.0. The zero-order chi connectivity index (χ0) is 18.9. The second-order valence-electron chi connectivity index (χ2n) is 7.75. The molecule has 1 aliphatic heterocycles. The van der Waals surface area contributed by atoms with Crippen LogP contribution < -0.4 is 10.6 Å². The average Bonchev–Trinajstić information content (AvgIpc) is 2.73. The van der Waals surface area contributed by atoms with Gasteiger partial charge in [-0.15, -0.1) is 0 Å². The number of piperidine rings is 1. The molecule has 5 heteroatoms. The Hall–Kier alpha value is -2.06. The number of benzene rings is 1. The van der Waals surface area contributed by atoms with E-state index in [9.17, 15) is 0 Å². The van der Waals surface area contributed by atoms with Crippen molar-refractivity contribution in [2.75, 3.05) is 19.6 Å². The van der Waals surface area contributed by atoms with Gasteiger partial charge in [-0.05, 0) is 50.3 Å². The molecule has 2 aliphatic rings. The largest absolute Gasteiger partial charge is 0.357 e. The number of nitrogens with zero attached hydrogens (tertiary/aromatic N) is 3. The van der Waals surface area contributed by atoms with E-state index in [0.717, 1.165) is 24.1 Å². The number of hydrogen-bond donors (Lipinski definition) is 2. The van der Waals surface area contributed by atoms with Crippen LogP contribution in [0.3, 0.4) is 0 Å². The van der Waals surface area contributed by atoms with E-state index in [2.05, 4.69) is 28.5 Å². The SMILES string of the molecule is CCNC(=NCc1cccc(C#N)c1)NC1CCN(C2CCCCC2)CC1. The van der Waals surface area contributed by atoms with E-state index < -0.39 is 0 Å².